The maximum atomic E-state index is 5.41. The minimum absolute atomic E-state index is 0. The Bertz CT molecular complexity index is 814. The van der Waals surface area contributed by atoms with Crippen LogP contribution in [-0.2, 0) is 13.1 Å². The molecule has 0 aliphatic heterocycles. The van der Waals surface area contributed by atoms with E-state index in [0.717, 1.165) is 37.7 Å². The number of nitrogens with one attached hydrogen (secondary N) is 4. The molecule has 0 radical (unpaired) electrons. The van der Waals surface area contributed by atoms with Crippen molar-refractivity contribution in [3.8, 4) is 11.5 Å². The summed E-state index contributed by atoms with van der Waals surface area (Å²) in [5, 5.41) is 14.4. The fourth-order valence-corrected chi connectivity index (χ4v) is 5.31. The molecule has 2 rings (SSSR count). The Hall–Kier alpha value is -1.83. The first kappa shape index (κ1) is 39.2. The predicted octanol–water partition coefficient (Wildman–Crippen LogP) is 7.65. The average Bonchev–Trinajstić information content (AvgIpc) is 3.03. The van der Waals surface area contributed by atoms with Gasteiger partial charge < -0.3 is 30.7 Å². The number of hydrogen-bond acceptors (Lipinski definition) is 6. The maximum absolute atomic E-state index is 5.41. The van der Waals surface area contributed by atoms with Gasteiger partial charge in [-0.2, -0.15) is 0 Å². The highest BCUT2D eigenvalue weighted by Crippen LogP contribution is 2.17. The average molecular weight is 619 g/mol. The highest BCUT2D eigenvalue weighted by Gasteiger charge is 2.01. The minimum atomic E-state index is 0. The van der Waals surface area contributed by atoms with Gasteiger partial charge in [0.05, 0.1) is 14.2 Å². The van der Waals surface area contributed by atoms with Crippen molar-refractivity contribution in [3.05, 3.63) is 59.7 Å². The molecule has 0 aliphatic carbocycles. The monoisotopic (exact) mass is 618 g/mol. The summed E-state index contributed by atoms with van der Waals surface area (Å²) in [5.41, 5.74) is 2.47. The molecular weight excluding hydrogens is 556 g/mol. The van der Waals surface area contributed by atoms with Gasteiger partial charge in [0, 0.05) is 24.2 Å². The maximum Gasteiger partial charge on any atom is 0.123 e. The van der Waals surface area contributed by atoms with Gasteiger partial charge in [-0.3, -0.25) is 0 Å². The van der Waals surface area contributed by atoms with Crippen LogP contribution < -0.4 is 30.7 Å². The first-order valence-electron chi connectivity index (χ1n) is 16.9. The van der Waals surface area contributed by atoms with Crippen LogP contribution in [0.4, 0.5) is 0 Å². The highest BCUT2D eigenvalue weighted by atomic mass is 35.5. The van der Waals surface area contributed by atoms with E-state index in [-0.39, 0.29) is 12.4 Å². The number of rotatable bonds is 29. The predicted molar refractivity (Wildman–Crippen MR) is 187 cm³/mol. The van der Waals surface area contributed by atoms with Crippen LogP contribution in [0, 0.1) is 0 Å². The zero-order valence-corrected chi connectivity index (χ0v) is 28.2. The van der Waals surface area contributed by atoms with E-state index in [9.17, 15) is 0 Å². The number of methoxy groups -OCH3 is 2. The van der Waals surface area contributed by atoms with Gasteiger partial charge in [-0.1, -0.05) is 87.8 Å². The molecule has 4 N–H and O–H groups in total. The zero-order chi connectivity index (χ0) is 29.8. The summed E-state index contributed by atoms with van der Waals surface area (Å²) in [7, 11) is 3.48. The van der Waals surface area contributed by atoms with Gasteiger partial charge >= 0.3 is 0 Å². The molecule has 0 fully saturated rings. The van der Waals surface area contributed by atoms with Crippen LogP contribution in [0.1, 0.15) is 101 Å². The quantitative estimate of drug-likeness (QED) is 0.0703. The standard InChI is InChI=1S/C36H62N4O2.ClH/c1-41-35-23-13-11-21-33(35)31-39-29-19-9-7-17-27-37-25-15-5-3-4-6-16-26-38-28-18-8-10-20-30-40-32-34-22-12-14-24-36(34)42-2;/h11-14,21-24,37-40H,3-10,15-20,25-32H2,1-2H3;1H. The van der Waals surface area contributed by atoms with Crippen molar-refractivity contribution in [3.63, 3.8) is 0 Å². The molecule has 7 heteroatoms. The fraction of sp³-hybridized carbons (Fsp3) is 0.667. The van der Waals surface area contributed by atoms with Gasteiger partial charge in [0.1, 0.15) is 11.5 Å². The summed E-state index contributed by atoms with van der Waals surface area (Å²) in [6.07, 6.45) is 18.5. The smallest absolute Gasteiger partial charge is 0.123 e. The van der Waals surface area contributed by atoms with E-state index in [0.29, 0.717) is 0 Å². The second-order valence-electron chi connectivity index (χ2n) is 11.4. The van der Waals surface area contributed by atoms with Crippen molar-refractivity contribution in [1.82, 2.24) is 21.3 Å². The Morgan fingerprint density at radius 2 is 0.674 bits per heavy atom. The van der Waals surface area contributed by atoms with E-state index in [2.05, 4.69) is 45.5 Å². The molecule has 43 heavy (non-hydrogen) atoms. The Morgan fingerprint density at radius 3 is 1.00 bits per heavy atom. The summed E-state index contributed by atoms with van der Waals surface area (Å²) in [5.74, 6) is 1.95. The Kier molecular flexibility index (Phi) is 26.4. The lowest BCUT2D eigenvalue weighted by molar-refractivity contribution is 0.407. The summed E-state index contributed by atoms with van der Waals surface area (Å²) >= 11 is 0. The van der Waals surface area contributed by atoms with Crippen molar-refractivity contribution < 1.29 is 9.47 Å². The molecule has 0 saturated heterocycles. The van der Waals surface area contributed by atoms with Crippen LogP contribution in [0.25, 0.3) is 0 Å². The molecule has 0 unspecified atom stereocenters. The van der Waals surface area contributed by atoms with E-state index >= 15 is 0 Å². The lowest BCUT2D eigenvalue weighted by Crippen LogP contribution is -2.17. The summed E-state index contributed by atoms with van der Waals surface area (Å²) in [4.78, 5) is 0. The topological polar surface area (TPSA) is 66.6 Å². The van der Waals surface area contributed by atoms with Crippen molar-refractivity contribution in [2.75, 3.05) is 53.5 Å². The number of benzene rings is 2. The van der Waals surface area contributed by atoms with Crippen molar-refractivity contribution >= 4 is 12.4 Å². The number of unbranched alkanes of at least 4 members (excludes halogenated alkanes) is 11. The molecule has 0 aromatic heterocycles. The van der Waals surface area contributed by atoms with Gasteiger partial charge in [-0.05, 0) is 89.9 Å². The summed E-state index contributed by atoms with van der Waals surface area (Å²) in [6.45, 7) is 8.62. The third kappa shape index (κ3) is 20.7. The van der Waals surface area contributed by atoms with Crippen LogP contribution in [0.5, 0.6) is 11.5 Å². The van der Waals surface area contributed by atoms with Crippen molar-refractivity contribution in [1.29, 1.82) is 0 Å². The Labute approximate surface area is 270 Å². The van der Waals surface area contributed by atoms with Gasteiger partial charge in [0.15, 0.2) is 0 Å². The Morgan fingerprint density at radius 1 is 0.395 bits per heavy atom. The Balaban J connectivity index is 0.00000924. The molecule has 0 saturated carbocycles. The molecular formula is C36H63ClN4O2. The number of halogens is 1. The van der Waals surface area contributed by atoms with Crippen LogP contribution in [-0.4, -0.2) is 53.5 Å². The molecule has 0 spiro atoms. The molecule has 2 aromatic carbocycles. The lowest BCUT2D eigenvalue weighted by Gasteiger charge is -2.09. The van der Waals surface area contributed by atoms with Crippen molar-refractivity contribution in [2.24, 2.45) is 0 Å². The molecule has 0 bridgehead atoms. The lowest BCUT2D eigenvalue weighted by atomic mass is 10.1. The van der Waals surface area contributed by atoms with Crippen LogP contribution in [0.15, 0.2) is 48.5 Å². The molecule has 0 heterocycles. The van der Waals surface area contributed by atoms with E-state index < -0.39 is 0 Å². The number of hydrogen-bond donors (Lipinski definition) is 4. The van der Waals surface area contributed by atoms with E-state index in [1.807, 2.05) is 24.3 Å². The minimum Gasteiger partial charge on any atom is -0.496 e. The van der Waals surface area contributed by atoms with Gasteiger partial charge in [-0.25, -0.2) is 0 Å². The van der Waals surface area contributed by atoms with Crippen LogP contribution >= 0.6 is 12.4 Å². The normalized spacial score (nSPS) is 10.9. The molecule has 0 amide bonds. The molecule has 6 nitrogen and oxygen atoms in total. The van der Waals surface area contributed by atoms with E-state index in [4.69, 9.17) is 9.47 Å². The van der Waals surface area contributed by atoms with E-state index in [1.165, 1.54) is 127 Å². The third-order valence-corrected chi connectivity index (χ3v) is 7.89. The second kappa shape index (κ2) is 28.9. The molecule has 2 aromatic rings. The summed E-state index contributed by atoms with van der Waals surface area (Å²) in [6, 6.07) is 16.5. The van der Waals surface area contributed by atoms with Gasteiger partial charge in [-0.15, -0.1) is 12.4 Å². The van der Waals surface area contributed by atoms with Crippen molar-refractivity contribution in [2.45, 2.75) is 103 Å². The molecule has 0 atom stereocenters. The SMILES string of the molecule is COc1ccccc1CNCCCCCCNCCCCCCCCNCCCCCCNCc1ccccc1OC.Cl. The largest absolute Gasteiger partial charge is 0.496 e. The number of para-hydroxylation sites is 2. The van der Waals surface area contributed by atoms with Crippen LogP contribution in [0.3, 0.4) is 0 Å². The second-order valence-corrected chi connectivity index (χ2v) is 11.4. The summed E-state index contributed by atoms with van der Waals surface area (Å²) < 4.78 is 10.8. The first-order valence-corrected chi connectivity index (χ1v) is 16.9. The third-order valence-electron chi connectivity index (χ3n) is 7.89. The zero-order valence-electron chi connectivity index (χ0n) is 27.4. The molecule has 246 valence electrons. The molecule has 0 aliphatic rings. The fourth-order valence-electron chi connectivity index (χ4n) is 5.31. The van der Waals surface area contributed by atoms with E-state index in [1.54, 1.807) is 14.2 Å². The van der Waals surface area contributed by atoms with Gasteiger partial charge in [0.2, 0.25) is 0 Å². The highest BCUT2D eigenvalue weighted by molar-refractivity contribution is 5.85. The first-order chi connectivity index (χ1) is 20.8. The number of ether oxygens (including phenoxy) is 2. The van der Waals surface area contributed by atoms with Crippen LogP contribution in [0.2, 0.25) is 0 Å². The van der Waals surface area contributed by atoms with Gasteiger partial charge in [0.25, 0.3) is 0 Å².